The minimum Gasteiger partial charge on any atom is -0.495 e. The van der Waals surface area contributed by atoms with Gasteiger partial charge in [-0.2, -0.15) is 10.2 Å². The summed E-state index contributed by atoms with van der Waals surface area (Å²) in [6.45, 7) is 0. The van der Waals surface area contributed by atoms with Gasteiger partial charge in [-0.1, -0.05) is 0 Å². The number of rotatable bonds is 5. The average molecular weight is 314 g/mol. The highest BCUT2D eigenvalue weighted by atomic mass is 16.5. The third-order valence-electron chi connectivity index (χ3n) is 4.08. The number of aliphatic hydroxyl groups excluding tert-OH is 1. The first kappa shape index (κ1) is 15.4. The lowest BCUT2D eigenvalue weighted by Crippen LogP contribution is -2.41. The standard InChI is InChI=1S/C16H18N4O3/c1-23-14-6-12(7-17-9-14)15(11-4-13(21)5-11)20-16(22)10-2-3-18-19-8-10/h2-3,6-9,11,13,15,21H,4-5H2,1H3,(H,20,22)/t11?,13?,15-/m1/s1. The van der Waals surface area contributed by atoms with E-state index in [0.29, 0.717) is 24.2 Å². The molecule has 1 fully saturated rings. The van der Waals surface area contributed by atoms with Crippen molar-refractivity contribution in [2.75, 3.05) is 7.11 Å². The number of aliphatic hydroxyl groups is 1. The highest BCUT2D eigenvalue weighted by Crippen LogP contribution is 2.38. The third-order valence-corrected chi connectivity index (χ3v) is 4.08. The Kier molecular flexibility index (Phi) is 4.47. The molecule has 23 heavy (non-hydrogen) atoms. The van der Waals surface area contributed by atoms with Crippen molar-refractivity contribution >= 4 is 5.91 Å². The lowest BCUT2D eigenvalue weighted by atomic mass is 9.75. The number of amides is 1. The zero-order valence-electron chi connectivity index (χ0n) is 12.7. The fourth-order valence-electron chi connectivity index (χ4n) is 2.74. The molecule has 2 aromatic rings. The second-order valence-corrected chi connectivity index (χ2v) is 5.63. The second-order valence-electron chi connectivity index (χ2n) is 5.63. The summed E-state index contributed by atoms with van der Waals surface area (Å²) in [7, 11) is 1.57. The average Bonchev–Trinajstić information content (AvgIpc) is 2.58. The van der Waals surface area contributed by atoms with Crippen LogP contribution in [0.4, 0.5) is 0 Å². The van der Waals surface area contributed by atoms with Gasteiger partial charge in [0.15, 0.2) is 0 Å². The van der Waals surface area contributed by atoms with Gasteiger partial charge in [-0.15, -0.1) is 0 Å². The summed E-state index contributed by atoms with van der Waals surface area (Å²) in [5.74, 6) is 0.568. The molecular formula is C16H18N4O3. The van der Waals surface area contributed by atoms with Crippen molar-refractivity contribution in [3.63, 3.8) is 0 Å². The topological polar surface area (TPSA) is 97.2 Å². The van der Waals surface area contributed by atoms with Gasteiger partial charge < -0.3 is 15.2 Å². The monoisotopic (exact) mass is 314 g/mol. The summed E-state index contributed by atoms with van der Waals surface area (Å²) < 4.78 is 5.20. The molecule has 3 rings (SSSR count). The molecule has 1 aliphatic carbocycles. The summed E-state index contributed by atoms with van der Waals surface area (Å²) in [6, 6.07) is 3.23. The fraction of sp³-hybridized carbons (Fsp3) is 0.375. The van der Waals surface area contributed by atoms with Crippen molar-refractivity contribution in [2.24, 2.45) is 5.92 Å². The van der Waals surface area contributed by atoms with Crippen molar-refractivity contribution in [3.8, 4) is 5.75 Å². The molecule has 2 heterocycles. The van der Waals surface area contributed by atoms with Crippen LogP contribution in [0.2, 0.25) is 0 Å². The van der Waals surface area contributed by atoms with Crippen LogP contribution in [0.5, 0.6) is 5.75 Å². The Labute approximate surface area is 133 Å². The molecule has 0 aromatic carbocycles. The van der Waals surface area contributed by atoms with Gasteiger partial charge in [-0.3, -0.25) is 9.78 Å². The Bertz CT molecular complexity index is 674. The maximum absolute atomic E-state index is 12.4. The van der Waals surface area contributed by atoms with E-state index in [0.717, 1.165) is 5.56 Å². The zero-order valence-corrected chi connectivity index (χ0v) is 12.7. The molecule has 0 bridgehead atoms. The number of aromatic nitrogens is 3. The van der Waals surface area contributed by atoms with E-state index >= 15 is 0 Å². The van der Waals surface area contributed by atoms with Crippen LogP contribution in [0.25, 0.3) is 0 Å². The highest BCUT2D eigenvalue weighted by Gasteiger charge is 2.36. The molecule has 0 aliphatic heterocycles. The van der Waals surface area contributed by atoms with Crippen molar-refractivity contribution in [2.45, 2.75) is 25.0 Å². The minimum atomic E-state index is -0.305. The Morgan fingerprint density at radius 1 is 1.35 bits per heavy atom. The number of carbonyl (C=O) groups excluding carboxylic acids is 1. The molecule has 0 saturated heterocycles. The van der Waals surface area contributed by atoms with E-state index in [1.165, 1.54) is 12.4 Å². The second kappa shape index (κ2) is 6.70. The van der Waals surface area contributed by atoms with Crippen LogP contribution in [-0.2, 0) is 0 Å². The van der Waals surface area contributed by atoms with Crippen molar-refractivity contribution < 1.29 is 14.6 Å². The van der Waals surface area contributed by atoms with Crippen LogP contribution in [-0.4, -0.2) is 39.4 Å². The van der Waals surface area contributed by atoms with Gasteiger partial charge in [-0.05, 0) is 36.5 Å². The Morgan fingerprint density at radius 2 is 2.17 bits per heavy atom. The predicted molar refractivity (Wildman–Crippen MR) is 81.8 cm³/mol. The predicted octanol–water partition coefficient (Wildman–Crippen LogP) is 1.12. The van der Waals surface area contributed by atoms with Gasteiger partial charge in [0.25, 0.3) is 5.91 Å². The number of pyridine rings is 1. The van der Waals surface area contributed by atoms with Crippen molar-refractivity contribution in [3.05, 3.63) is 48.0 Å². The molecule has 1 atom stereocenters. The molecule has 7 nitrogen and oxygen atoms in total. The molecule has 1 saturated carbocycles. The summed E-state index contributed by atoms with van der Waals surface area (Å²) in [5.41, 5.74) is 1.30. The van der Waals surface area contributed by atoms with Gasteiger partial charge in [-0.25, -0.2) is 0 Å². The molecule has 1 amide bonds. The van der Waals surface area contributed by atoms with E-state index in [-0.39, 0.29) is 24.0 Å². The van der Waals surface area contributed by atoms with Crippen LogP contribution < -0.4 is 10.1 Å². The first-order valence-corrected chi connectivity index (χ1v) is 7.42. The maximum Gasteiger partial charge on any atom is 0.253 e. The lowest BCUT2D eigenvalue weighted by molar-refractivity contribution is 0.0234. The molecule has 2 N–H and O–H groups in total. The molecular weight excluding hydrogens is 296 g/mol. The first-order valence-electron chi connectivity index (χ1n) is 7.42. The minimum absolute atomic E-state index is 0.164. The largest absolute Gasteiger partial charge is 0.495 e. The zero-order chi connectivity index (χ0) is 16.2. The smallest absolute Gasteiger partial charge is 0.253 e. The number of methoxy groups -OCH3 is 1. The molecule has 1 aliphatic rings. The third kappa shape index (κ3) is 3.45. The first-order chi connectivity index (χ1) is 11.2. The van der Waals surface area contributed by atoms with Gasteiger partial charge in [0.05, 0.1) is 43.4 Å². The summed E-state index contributed by atoms with van der Waals surface area (Å²) in [4.78, 5) is 16.6. The summed E-state index contributed by atoms with van der Waals surface area (Å²) in [5, 5.41) is 20.0. The molecule has 120 valence electrons. The number of carbonyl (C=O) groups is 1. The van der Waals surface area contributed by atoms with E-state index in [1.807, 2.05) is 6.07 Å². The fourth-order valence-corrected chi connectivity index (χ4v) is 2.74. The summed E-state index contributed by atoms with van der Waals surface area (Å²) >= 11 is 0. The maximum atomic E-state index is 12.4. The normalized spacial score (nSPS) is 21.1. The lowest BCUT2D eigenvalue weighted by Gasteiger charge is -2.38. The van der Waals surface area contributed by atoms with Crippen LogP contribution in [0.15, 0.2) is 36.9 Å². The number of ether oxygens (including phenoxy) is 1. The van der Waals surface area contributed by atoms with E-state index < -0.39 is 0 Å². The van der Waals surface area contributed by atoms with Crippen LogP contribution in [0.3, 0.4) is 0 Å². The quantitative estimate of drug-likeness (QED) is 0.858. The number of hydrogen-bond acceptors (Lipinski definition) is 6. The molecule has 0 unspecified atom stereocenters. The Hall–Kier alpha value is -2.54. The van der Waals surface area contributed by atoms with E-state index in [4.69, 9.17) is 4.74 Å². The number of nitrogens with one attached hydrogen (secondary N) is 1. The van der Waals surface area contributed by atoms with Crippen LogP contribution >= 0.6 is 0 Å². The van der Waals surface area contributed by atoms with Gasteiger partial charge >= 0.3 is 0 Å². The highest BCUT2D eigenvalue weighted by molar-refractivity contribution is 5.94. The van der Waals surface area contributed by atoms with Crippen molar-refractivity contribution in [1.82, 2.24) is 20.5 Å². The Morgan fingerprint density at radius 3 is 2.83 bits per heavy atom. The molecule has 2 aromatic heterocycles. The SMILES string of the molecule is COc1cncc([C@H](NC(=O)c2ccnnc2)C2CC(O)C2)c1. The molecule has 0 radical (unpaired) electrons. The van der Waals surface area contributed by atoms with Gasteiger partial charge in [0.1, 0.15) is 5.75 Å². The summed E-state index contributed by atoms with van der Waals surface area (Å²) in [6.07, 6.45) is 7.22. The number of hydrogen-bond donors (Lipinski definition) is 2. The molecule has 7 heteroatoms. The van der Waals surface area contributed by atoms with E-state index in [2.05, 4.69) is 20.5 Å². The Balaban J connectivity index is 1.82. The van der Waals surface area contributed by atoms with Crippen molar-refractivity contribution in [1.29, 1.82) is 0 Å². The van der Waals surface area contributed by atoms with Crippen LogP contribution in [0.1, 0.15) is 34.8 Å². The van der Waals surface area contributed by atoms with E-state index in [9.17, 15) is 9.90 Å². The number of nitrogens with zero attached hydrogens (tertiary/aromatic N) is 3. The van der Waals surface area contributed by atoms with Gasteiger partial charge in [0.2, 0.25) is 0 Å². The van der Waals surface area contributed by atoms with Crippen LogP contribution in [0, 0.1) is 5.92 Å². The van der Waals surface area contributed by atoms with Gasteiger partial charge in [0, 0.05) is 6.20 Å². The molecule has 0 spiro atoms. The van der Waals surface area contributed by atoms with E-state index in [1.54, 1.807) is 25.6 Å².